The van der Waals surface area contributed by atoms with Gasteiger partial charge in [0.05, 0.1) is 25.4 Å². The third kappa shape index (κ3) is 37.8. The number of allylic oxidation sites excluding steroid dienone is 5. The average molecular weight is 732 g/mol. The van der Waals surface area contributed by atoms with E-state index in [2.05, 4.69) is 43.5 Å². The minimum absolute atomic E-state index is 0.0427. The Morgan fingerprint density at radius 2 is 0.962 bits per heavy atom. The van der Waals surface area contributed by atoms with E-state index in [0.717, 1.165) is 70.6 Å². The van der Waals surface area contributed by atoms with Gasteiger partial charge in [-0.3, -0.25) is 9.59 Å². The van der Waals surface area contributed by atoms with Gasteiger partial charge in [-0.2, -0.15) is 0 Å². The maximum absolute atomic E-state index is 12.4. The van der Waals surface area contributed by atoms with Gasteiger partial charge in [-0.05, 0) is 64.2 Å². The van der Waals surface area contributed by atoms with Gasteiger partial charge in [0.2, 0.25) is 5.91 Å². The Morgan fingerprint density at radius 3 is 1.50 bits per heavy atom. The van der Waals surface area contributed by atoms with Crippen LogP contribution in [0.4, 0.5) is 0 Å². The fourth-order valence-corrected chi connectivity index (χ4v) is 6.42. The van der Waals surface area contributed by atoms with Gasteiger partial charge < -0.3 is 20.3 Å². The van der Waals surface area contributed by atoms with Crippen molar-refractivity contribution >= 4 is 11.9 Å². The molecule has 2 unspecified atom stereocenters. The van der Waals surface area contributed by atoms with Crippen LogP contribution in [0.25, 0.3) is 0 Å². The molecule has 0 aliphatic heterocycles. The standard InChI is InChI=1S/C46H85NO5/c1-3-5-7-9-11-13-15-16-17-18-20-24-28-32-36-40-46(51)52-41-37-33-29-25-21-23-27-31-35-39-45(50)47-43(42-48)44(49)38-34-30-26-22-19-14-12-10-8-6-4-2/h11,13,16-17,34,38,43-44,48-49H,3-10,12,14-15,18-33,35-37,39-42H2,1-2H3,(H,47,50)/b13-11-,17-16-,38-34+. The van der Waals surface area contributed by atoms with Crippen LogP contribution in [0, 0.1) is 0 Å². The molecule has 0 aliphatic carbocycles. The summed E-state index contributed by atoms with van der Waals surface area (Å²) in [6, 6.07) is -0.647. The van der Waals surface area contributed by atoms with E-state index in [9.17, 15) is 19.8 Å². The Labute approximate surface area is 322 Å². The summed E-state index contributed by atoms with van der Waals surface area (Å²) in [5.74, 6) is -0.143. The molecule has 2 atom stereocenters. The van der Waals surface area contributed by atoms with Crippen molar-refractivity contribution in [2.75, 3.05) is 13.2 Å². The molecule has 3 N–H and O–H groups in total. The van der Waals surface area contributed by atoms with Crippen LogP contribution < -0.4 is 5.32 Å². The number of rotatable bonds is 40. The first kappa shape index (κ1) is 50.1. The Morgan fingerprint density at radius 1 is 0.538 bits per heavy atom. The Kier molecular flexibility index (Phi) is 40.3. The number of carbonyl (C=O) groups excluding carboxylic acids is 2. The second-order valence-electron chi connectivity index (χ2n) is 15.0. The molecule has 6 heteroatoms. The maximum Gasteiger partial charge on any atom is 0.305 e. The lowest BCUT2D eigenvalue weighted by molar-refractivity contribution is -0.143. The average Bonchev–Trinajstić information content (AvgIpc) is 3.14. The van der Waals surface area contributed by atoms with E-state index in [1.807, 2.05) is 6.08 Å². The topological polar surface area (TPSA) is 95.9 Å². The number of nitrogens with one attached hydrogen (secondary N) is 1. The normalized spacial score (nSPS) is 13.1. The lowest BCUT2D eigenvalue weighted by Crippen LogP contribution is -2.45. The van der Waals surface area contributed by atoms with Gasteiger partial charge in [0.25, 0.3) is 0 Å². The first-order valence-corrected chi connectivity index (χ1v) is 22.3. The first-order chi connectivity index (χ1) is 25.5. The predicted molar refractivity (Wildman–Crippen MR) is 222 cm³/mol. The third-order valence-corrected chi connectivity index (χ3v) is 9.91. The van der Waals surface area contributed by atoms with Crippen molar-refractivity contribution in [3.05, 3.63) is 36.5 Å². The monoisotopic (exact) mass is 732 g/mol. The molecule has 0 spiro atoms. The summed E-state index contributed by atoms with van der Waals surface area (Å²) in [5, 5.41) is 22.9. The highest BCUT2D eigenvalue weighted by Gasteiger charge is 2.18. The van der Waals surface area contributed by atoms with Gasteiger partial charge in [0, 0.05) is 12.8 Å². The molecular formula is C46H85NO5. The summed E-state index contributed by atoms with van der Waals surface area (Å²) in [7, 11) is 0. The molecule has 0 aromatic rings. The van der Waals surface area contributed by atoms with Gasteiger partial charge in [0.1, 0.15) is 0 Å². The second kappa shape index (κ2) is 41.8. The van der Waals surface area contributed by atoms with Crippen LogP contribution in [0.5, 0.6) is 0 Å². The van der Waals surface area contributed by atoms with Gasteiger partial charge in [0.15, 0.2) is 0 Å². The van der Waals surface area contributed by atoms with Crippen LogP contribution in [0.1, 0.15) is 219 Å². The highest BCUT2D eigenvalue weighted by molar-refractivity contribution is 5.76. The smallest absolute Gasteiger partial charge is 0.305 e. The number of esters is 1. The summed E-state index contributed by atoms with van der Waals surface area (Å²) >= 11 is 0. The molecule has 304 valence electrons. The van der Waals surface area contributed by atoms with Crippen LogP contribution in [0.15, 0.2) is 36.5 Å². The van der Waals surface area contributed by atoms with Crippen LogP contribution in [-0.4, -0.2) is 47.4 Å². The lowest BCUT2D eigenvalue weighted by Gasteiger charge is -2.20. The second-order valence-corrected chi connectivity index (χ2v) is 15.0. The summed E-state index contributed by atoms with van der Waals surface area (Å²) in [4.78, 5) is 24.4. The molecule has 0 radical (unpaired) electrons. The molecule has 52 heavy (non-hydrogen) atoms. The molecule has 0 fully saturated rings. The number of hydrogen-bond donors (Lipinski definition) is 3. The van der Waals surface area contributed by atoms with Gasteiger partial charge in [-0.25, -0.2) is 0 Å². The molecule has 0 saturated carbocycles. The number of aliphatic hydroxyl groups is 2. The number of aliphatic hydroxyl groups excluding tert-OH is 2. The molecule has 6 nitrogen and oxygen atoms in total. The summed E-state index contributed by atoms with van der Waals surface area (Å²) in [5.41, 5.74) is 0. The number of ether oxygens (including phenoxy) is 1. The number of hydrogen-bond acceptors (Lipinski definition) is 5. The quantitative estimate of drug-likeness (QED) is 0.0331. The van der Waals surface area contributed by atoms with Gasteiger partial charge >= 0.3 is 5.97 Å². The maximum atomic E-state index is 12.4. The molecule has 0 saturated heterocycles. The number of carbonyl (C=O) groups is 2. The molecule has 0 aliphatic rings. The van der Waals surface area contributed by atoms with E-state index in [1.165, 1.54) is 122 Å². The summed E-state index contributed by atoms with van der Waals surface area (Å²) in [6.45, 7) is 4.77. The molecule has 0 rings (SSSR count). The Balaban J connectivity index is 3.55. The van der Waals surface area contributed by atoms with E-state index in [4.69, 9.17) is 4.74 Å². The largest absolute Gasteiger partial charge is 0.466 e. The minimum atomic E-state index is -0.861. The molecule has 0 bridgehead atoms. The summed E-state index contributed by atoms with van der Waals surface area (Å²) in [6.07, 6.45) is 48.4. The zero-order chi connectivity index (χ0) is 38.0. The van der Waals surface area contributed by atoms with Crippen molar-refractivity contribution in [1.29, 1.82) is 0 Å². The van der Waals surface area contributed by atoms with E-state index in [0.29, 0.717) is 19.4 Å². The van der Waals surface area contributed by atoms with E-state index < -0.39 is 12.1 Å². The number of unbranched alkanes of at least 4 members (excludes halogenated alkanes) is 25. The van der Waals surface area contributed by atoms with E-state index in [1.54, 1.807) is 6.08 Å². The fraction of sp³-hybridized carbons (Fsp3) is 0.826. The predicted octanol–water partition coefficient (Wildman–Crippen LogP) is 12.6. The molecule has 1 amide bonds. The Hall–Kier alpha value is -1.92. The van der Waals surface area contributed by atoms with Crippen molar-refractivity contribution in [1.82, 2.24) is 5.32 Å². The van der Waals surface area contributed by atoms with Crippen molar-refractivity contribution in [2.45, 2.75) is 231 Å². The minimum Gasteiger partial charge on any atom is -0.466 e. The van der Waals surface area contributed by atoms with Gasteiger partial charge in [-0.15, -0.1) is 0 Å². The van der Waals surface area contributed by atoms with Crippen molar-refractivity contribution in [3.8, 4) is 0 Å². The first-order valence-electron chi connectivity index (χ1n) is 22.3. The van der Waals surface area contributed by atoms with Crippen LogP contribution in [0.3, 0.4) is 0 Å². The van der Waals surface area contributed by atoms with Gasteiger partial charge in [-0.1, -0.05) is 179 Å². The van der Waals surface area contributed by atoms with Crippen molar-refractivity contribution in [3.63, 3.8) is 0 Å². The van der Waals surface area contributed by atoms with Crippen molar-refractivity contribution in [2.24, 2.45) is 0 Å². The van der Waals surface area contributed by atoms with E-state index >= 15 is 0 Å². The van der Waals surface area contributed by atoms with Crippen LogP contribution >= 0.6 is 0 Å². The zero-order valence-corrected chi connectivity index (χ0v) is 34.3. The molecule has 0 heterocycles. The number of amides is 1. The highest BCUT2D eigenvalue weighted by atomic mass is 16.5. The SMILES string of the molecule is CCCCC/C=C\C/C=C\CCCCCCCC(=O)OCCCCCCCCCCCC(=O)NC(CO)C(O)/C=C/CCCCCCCCCCC. The molecule has 0 aromatic heterocycles. The molecule has 0 aromatic carbocycles. The highest BCUT2D eigenvalue weighted by Crippen LogP contribution is 2.13. The summed E-state index contributed by atoms with van der Waals surface area (Å²) < 4.78 is 5.43. The molecular weight excluding hydrogens is 647 g/mol. The lowest BCUT2D eigenvalue weighted by atomic mass is 10.1. The third-order valence-electron chi connectivity index (χ3n) is 9.91. The van der Waals surface area contributed by atoms with Crippen molar-refractivity contribution < 1.29 is 24.5 Å². The Bertz CT molecular complexity index is 854. The van der Waals surface area contributed by atoms with Crippen LogP contribution in [-0.2, 0) is 14.3 Å². The fourth-order valence-electron chi connectivity index (χ4n) is 6.42. The zero-order valence-electron chi connectivity index (χ0n) is 34.3. The van der Waals surface area contributed by atoms with Crippen LogP contribution in [0.2, 0.25) is 0 Å². The van der Waals surface area contributed by atoms with E-state index in [-0.39, 0.29) is 18.5 Å².